The molecule has 1 aliphatic rings. The van der Waals surface area contributed by atoms with Crippen molar-refractivity contribution >= 4 is 17.2 Å². The van der Waals surface area contributed by atoms with Crippen LogP contribution in [0.15, 0.2) is 12.7 Å². The van der Waals surface area contributed by atoms with Gasteiger partial charge in [-0.25, -0.2) is 4.98 Å². The molecule has 0 spiro atoms. The Labute approximate surface area is 99.8 Å². The van der Waals surface area contributed by atoms with Crippen LogP contribution in [-0.4, -0.2) is 22.8 Å². The van der Waals surface area contributed by atoms with Crippen LogP contribution in [0.5, 0.6) is 0 Å². The minimum Gasteiger partial charge on any atom is -0.334 e. The monoisotopic (exact) mass is 236 g/mol. The van der Waals surface area contributed by atoms with Crippen molar-refractivity contribution in [2.75, 3.05) is 7.05 Å². The average Bonchev–Trinajstić information content (AvgIpc) is 2.66. The highest BCUT2D eigenvalue weighted by atomic mass is 32.1. The van der Waals surface area contributed by atoms with E-state index in [0.29, 0.717) is 0 Å². The number of hydrogen-bond donors (Lipinski definition) is 0. The molecule has 1 atom stereocenters. The maximum Gasteiger partial charge on any atom is 0.246 e. The van der Waals surface area contributed by atoms with Gasteiger partial charge in [-0.15, -0.1) is 11.3 Å². The molecule has 0 saturated carbocycles. The molecule has 1 aliphatic carbocycles. The van der Waals surface area contributed by atoms with E-state index in [0.717, 1.165) is 24.3 Å². The summed E-state index contributed by atoms with van der Waals surface area (Å²) in [4.78, 5) is 19.2. The Morgan fingerprint density at radius 2 is 2.44 bits per heavy atom. The molecule has 4 heteroatoms. The van der Waals surface area contributed by atoms with Crippen LogP contribution in [0.2, 0.25) is 0 Å². The second kappa shape index (κ2) is 4.37. The van der Waals surface area contributed by atoms with Gasteiger partial charge in [0.25, 0.3) is 0 Å². The highest BCUT2D eigenvalue weighted by Gasteiger charge is 2.28. The number of carbonyl (C=O) groups is 1. The topological polar surface area (TPSA) is 33.2 Å². The Hall–Kier alpha value is -1.16. The Kier molecular flexibility index (Phi) is 3.10. The molecular formula is C12H16N2OS. The standard InChI is InChI=1S/C12H16N2OS/c1-4-11(15)14(3)10-7-5-6-9-12(10)16-8(2)13-9/h4,10H,1,5-7H2,2-3H3. The fourth-order valence-corrected chi connectivity index (χ4v) is 3.34. The number of aromatic nitrogens is 1. The van der Waals surface area contributed by atoms with Gasteiger partial charge >= 0.3 is 0 Å². The molecule has 1 aromatic rings. The zero-order chi connectivity index (χ0) is 11.7. The molecule has 0 aromatic carbocycles. The van der Waals surface area contributed by atoms with Crippen molar-refractivity contribution < 1.29 is 4.79 Å². The first kappa shape index (κ1) is 11.3. The summed E-state index contributed by atoms with van der Waals surface area (Å²) in [5, 5.41) is 1.09. The molecular weight excluding hydrogens is 220 g/mol. The van der Waals surface area contributed by atoms with Crippen LogP contribution in [0.25, 0.3) is 0 Å². The molecule has 0 saturated heterocycles. The van der Waals surface area contributed by atoms with E-state index >= 15 is 0 Å². The molecule has 0 aliphatic heterocycles. The molecule has 0 radical (unpaired) electrons. The van der Waals surface area contributed by atoms with Crippen molar-refractivity contribution in [2.45, 2.75) is 32.2 Å². The van der Waals surface area contributed by atoms with E-state index < -0.39 is 0 Å². The molecule has 0 fully saturated rings. The lowest BCUT2D eigenvalue weighted by atomic mass is 9.97. The van der Waals surface area contributed by atoms with Crippen LogP contribution in [0.4, 0.5) is 0 Å². The van der Waals surface area contributed by atoms with Crippen LogP contribution in [0.3, 0.4) is 0 Å². The Balaban J connectivity index is 2.30. The van der Waals surface area contributed by atoms with Gasteiger partial charge in [0.05, 0.1) is 21.6 Å². The Morgan fingerprint density at radius 1 is 1.69 bits per heavy atom. The van der Waals surface area contributed by atoms with Crippen LogP contribution in [0.1, 0.15) is 34.5 Å². The number of hydrogen-bond acceptors (Lipinski definition) is 3. The second-order valence-electron chi connectivity index (χ2n) is 4.11. The molecule has 2 rings (SSSR count). The van der Waals surface area contributed by atoms with Gasteiger partial charge < -0.3 is 4.90 Å². The number of carbonyl (C=O) groups excluding carboxylic acids is 1. The normalized spacial score (nSPS) is 19.0. The quantitative estimate of drug-likeness (QED) is 0.739. The molecule has 3 nitrogen and oxygen atoms in total. The zero-order valence-corrected chi connectivity index (χ0v) is 10.5. The van der Waals surface area contributed by atoms with E-state index in [-0.39, 0.29) is 11.9 Å². The summed E-state index contributed by atoms with van der Waals surface area (Å²) in [6, 6.07) is 0.195. The molecule has 1 unspecified atom stereocenters. The predicted molar refractivity (Wildman–Crippen MR) is 65.5 cm³/mol. The molecule has 0 N–H and O–H groups in total. The first-order valence-corrected chi connectivity index (χ1v) is 6.30. The minimum absolute atomic E-state index is 0.0103. The van der Waals surface area contributed by atoms with Crippen molar-refractivity contribution in [1.82, 2.24) is 9.88 Å². The van der Waals surface area contributed by atoms with Gasteiger partial charge in [0.1, 0.15) is 0 Å². The highest BCUT2D eigenvalue weighted by Crippen LogP contribution is 2.37. The van der Waals surface area contributed by atoms with Crippen LogP contribution in [-0.2, 0) is 11.2 Å². The van der Waals surface area contributed by atoms with Crippen molar-refractivity contribution in [3.05, 3.63) is 28.2 Å². The van der Waals surface area contributed by atoms with Crippen LogP contribution in [0, 0.1) is 6.92 Å². The van der Waals surface area contributed by atoms with Gasteiger partial charge in [-0.1, -0.05) is 6.58 Å². The zero-order valence-electron chi connectivity index (χ0n) is 9.69. The number of fused-ring (bicyclic) bond motifs is 1. The lowest BCUT2D eigenvalue weighted by Crippen LogP contribution is -2.31. The molecule has 1 heterocycles. The van der Waals surface area contributed by atoms with Gasteiger partial charge in [0, 0.05) is 7.05 Å². The second-order valence-corrected chi connectivity index (χ2v) is 5.34. The highest BCUT2D eigenvalue weighted by molar-refractivity contribution is 7.11. The minimum atomic E-state index is -0.0103. The SMILES string of the molecule is C=CC(=O)N(C)C1CCCc2nc(C)sc21. The van der Waals surface area contributed by atoms with Crippen LogP contribution >= 0.6 is 11.3 Å². The maximum absolute atomic E-state index is 11.6. The van der Waals surface area contributed by atoms with Crippen LogP contribution < -0.4 is 0 Å². The van der Waals surface area contributed by atoms with Crippen molar-refractivity contribution in [3.8, 4) is 0 Å². The van der Waals surface area contributed by atoms with E-state index in [2.05, 4.69) is 11.6 Å². The summed E-state index contributed by atoms with van der Waals surface area (Å²) in [5.74, 6) is -0.0103. The summed E-state index contributed by atoms with van der Waals surface area (Å²) < 4.78 is 0. The summed E-state index contributed by atoms with van der Waals surface area (Å²) in [5.41, 5.74) is 1.18. The number of aryl methyl sites for hydroxylation is 2. The summed E-state index contributed by atoms with van der Waals surface area (Å²) in [6.07, 6.45) is 4.56. The first-order chi connectivity index (χ1) is 7.63. The summed E-state index contributed by atoms with van der Waals surface area (Å²) in [6.45, 7) is 5.56. The predicted octanol–water partition coefficient (Wildman–Crippen LogP) is 2.47. The molecule has 86 valence electrons. The lowest BCUT2D eigenvalue weighted by molar-refractivity contribution is -0.127. The number of thiazole rings is 1. The largest absolute Gasteiger partial charge is 0.334 e. The number of likely N-dealkylation sites (N-methyl/N-ethyl adjacent to an activating group) is 1. The first-order valence-electron chi connectivity index (χ1n) is 5.49. The van der Waals surface area contributed by atoms with Gasteiger partial charge in [0.15, 0.2) is 0 Å². The van der Waals surface area contributed by atoms with Crippen molar-refractivity contribution in [3.63, 3.8) is 0 Å². The lowest BCUT2D eigenvalue weighted by Gasteiger charge is -2.29. The van der Waals surface area contributed by atoms with Gasteiger partial charge in [0.2, 0.25) is 5.91 Å². The number of amides is 1. The van der Waals surface area contributed by atoms with Gasteiger partial charge in [-0.3, -0.25) is 4.79 Å². The Morgan fingerprint density at radius 3 is 3.12 bits per heavy atom. The summed E-state index contributed by atoms with van der Waals surface area (Å²) >= 11 is 1.72. The van der Waals surface area contributed by atoms with E-state index in [1.54, 1.807) is 16.2 Å². The summed E-state index contributed by atoms with van der Waals surface area (Å²) in [7, 11) is 1.85. The van der Waals surface area contributed by atoms with E-state index in [1.807, 2.05) is 14.0 Å². The van der Waals surface area contributed by atoms with E-state index in [1.165, 1.54) is 16.6 Å². The van der Waals surface area contributed by atoms with Crippen molar-refractivity contribution in [2.24, 2.45) is 0 Å². The fourth-order valence-electron chi connectivity index (χ4n) is 2.19. The third-order valence-corrected chi connectivity index (χ3v) is 4.13. The third kappa shape index (κ3) is 1.89. The third-order valence-electron chi connectivity index (χ3n) is 3.02. The van der Waals surface area contributed by atoms with Gasteiger partial charge in [-0.05, 0) is 32.3 Å². The van der Waals surface area contributed by atoms with E-state index in [9.17, 15) is 4.79 Å². The Bertz CT molecular complexity index is 425. The average molecular weight is 236 g/mol. The molecule has 0 bridgehead atoms. The van der Waals surface area contributed by atoms with E-state index in [4.69, 9.17) is 0 Å². The van der Waals surface area contributed by atoms with Gasteiger partial charge in [-0.2, -0.15) is 0 Å². The van der Waals surface area contributed by atoms with Crippen molar-refractivity contribution in [1.29, 1.82) is 0 Å². The number of rotatable bonds is 2. The molecule has 1 aromatic heterocycles. The number of nitrogens with zero attached hydrogens (tertiary/aromatic N) is 2. The fraction of sp³-hybridized carbons (Fsp3) is 0.500. The maximum atomic E-state index is 11.6. The smallest absolute Gasteiger partial charge is 0.246 e. The molecule has 16 heavy (non-hydrogen) atoms. The molecule has 1 amide bonds.